The third-order valence-corrected chi connectivity index (χ3v) is 2.65. The molecule has 0 heterocycles. The topological polar surface area (TPSA) is 26.0 Å². The molecule has 0 unspecified atom stereocenters. The molecule has 0 aliphatic heterocycles. The maximum Gasteiger partial charge on any atom is 0.416 e. The Morgan fingerprint density at radius 2 is 1.29 bits per heavy atom. The normalized spacial score (nSPS) is 12.9. The summed E-state index contributed by atoms with van der Waals surface area (Å²) in [5, 5.41) is 0. The first-order chi connectivity index (χ1) is 7.57. The summed E-state index contributed by atoms with van der Waals surface area (Å²) in [4.78, 5) is 0. The summed E-state index contributed by atoms with van der Waals surface area (Å²) in [5.74, 6) is 0. The lowest BCUT2D eigenvalue weighted by Gasteiger charge is -2.18. The lowest BCUT2D eigenvalue weighted by atomic mass is 10.00. The van der Waals surface area contributed by atoms with Gasteiger partial charge in [0.15, 0.2) is 0 Å². The van der Waals surface area contributed by atoms with Crippen LogP contribution in [0, 0.1) is 3.57 Å². The number of rotatable bonds is 1. The standard InChI is InChI=1S/C9H6F6IN/c10-8(11,12)6-1-4(16)2-7(5(6)3-17)9(13,14)15/h1-2H,3,17H2. The molecule has 96 valence electrons. The van der Waals surface area contributed by atoms with Gasteiger partial charge in [0, 0.05) is 10.1 Å². The van der Waals surface area contributed by atoms with Crippen molar-refractivity contribution in [2.75, 3.05) is 0 Å². The first-order valence-corrected chi connectivity index (χ1v) is 5.32. The summed E-state index contributed by atoms with van der Waals surface area (Å²) >= 11 is 1.40. The Kier molecular flexibility index (Phi) is 3.97. The zero-order chi connectivity index (χ0) is 13.4. The summed E-state index contributed by atoms with van der Waals surface area (Å²) < 4.78 is 75.2. The van der Waals surface area contributed by atoms with Crippen molar-refractivity contribution in [1.82, 2.24) is 0 Å². The van der Waals surface area contributed by atoms with Crippen molar-refractivity contribution >= 4 is 22.6 Å². The molecule has 0 aliphatic rings. The van der Waals surface area contributed by atoms with Gasteiger partial charge in [0.25, 0.3) is 0 Å². The van der Waals surface area contributed by atoms with Crippen LogP contribution in [0.4, 0.5) is 26.3 Å². The highest BCUT2D eigenvalue weighted by Gasteiger charge is 2.40. The molecule has 1 aromatic carbocycles. The average molecular weight is 369 g/mol. The summed E-state index contributed by atoms with van der Waals surface area (Å²) in [6, 6.07) is 1.30. The van der Waals surface area contributed by atoms with E-state index in [9.17, 15) is 26.3 Å². The summed E-state index contributed by atoms with van der Waals surface area (Å²) in [6.07, 6.45) is -9.70. The molecule has 1 rings (SSSR count). The molecule has 1 aromatic rings. The van der Waals surface area contributed by atoms with Gasteiger partial charge in [-0.1, -0.05) is 0 Å². The van der Waals surface area contributed by atoms with Crippen LogP contribution >= 0.6 is 22.6 Å². The minimum absolute atomic E-state index is 0.139. The van der Waals surface area contributed by atoms with Crippen LogP contribution in [0.2, 0.25) is 0 Å². The van der Waals surface area contributed by atoms with Crippen LogP contribution < -0.4 is 5.73 Å². The minimum Gasteiger partial charge on any atom is -0.326 e. The Morgan fingerprint density at radius 1 is 0.941 bits per heavy atom. The summed E-state index contributed by atoms with van der Waals surface area (Å²) in [7, 11) is 0. The highest BCUT2D eigenvalue weighted by molar-refractivity contribution is 14.1. The van der Waals surface area contributed by atoms with Crippen molar-refractivity contribution in [2.24, 2.45) is 5.73 Å². The first kappa shape index (κ1) is 14.6. The van der Waals surface area contributed by atoms with Crippen molar-refractivity contribution < 1.29 is 26.3 Å². The number of hydrogen-bond acceptors (Lipinski definition) is 1. The molecule has 17 heavy (non-hydrogen) atoms. The van der Waals surface area contributed by atoms with Crippen LogP contribution in [-0.4, -0.2) is 0 Å². The maximum atomic E-state index is 12.6. The molecule has 0 saturated carbocycles. The van der Waals surface area contributed by atoms with Gasteiger partial charge in [-0.25, -0.2) is 0 Å². The number of benzene rings is 1. The second-order valence-corrected chi connectivity index (χ2v) is 4.42. The molecule has 2 N–H and O–H groups in total. The van der Waals surface area contributed by atoms with Crippen LogP contribution in [0.3, 0.4) is 0 Å². The fourth-order valence-electron chi connectivity index (χ4n) is 1.36. The molecule has 8 heteroatoms. The van der Waals surface area contributed by atoms with E-state index in [1.54, 1.807) is 0 Å². The largest absolute Gasteiger partial charge is 0.416 e. The molecule has 0 spiro atoms. The highest BCUT2D eigenvalue weighted by Crippen LogP contribution is 2.40. The van der Waals surface area contributed by atoms with E-state index in [1.807, 2.05) is 0 Å². The van der Waals surface area contributed by atoms with Gasteiger partial charge in [-0.3, -0.25) is 0 Å². The van der Waals surface area contributed by atoms with E-state index in [0.29, 0.717) is 12.1 Å². The predicted octanol–water partition coefficient (Wildman–Crippen LogP) is 3.79. The van der Waals surface area contributed by atoms with E-state index >= 15 is 0 Å². The van der Waals surface area contributed by atoms with Crippen LogP contribution in [0.5, 0.6) is 0 Å². The smallest absolute Gasteiger partial charge is 0.326 e. The lowest BCUT2D eigenvalue weighted by Crippen LogP contribution is -2.19. The van der Waals surface area contributed by atoms with Crippen LogP contribution in [0.25, 0.3) is 0 Å². The SMILES string of the molecule is NCc1c(C(F)(F)F)cc(I)cc1C(F)(F)F. The number of nitrogens with two attached hydrogens (primary N) is 1. The van der Waals surface area contributed by atoms with Gasteiger partial charge in [-0.2, -0.15) is 26.3 Å². The van der Waals surface area contributed by atoms with Gasteiger partial charge in [-0.15, -0.1) is 0 Å². The molecule has 0 saturated heterocycles. The monoisotopic (exact) mass is 369 g/mol. The molecule has 0 amide bonds. The van der Waals surface area contributed by atoms with Crippen molar-refractivity contribution in [3.63, 3.8) is 0 Å². The van der Waals surface area contributed by atoms with Gasteiger partial charge in [0.1, 0.15) is 0 Å². The van der Waals surface area contributed by atoms with Gasteiger partial charge in [0.2, 0.25) is 0 Å². The molecule has 1 nitrogen and oxygen atoms in total. The van der Waals surface area contributed by atoms with Gasteiger partial charge in [-0.05, 0) is 40.3 Å². The molecule has 0 atom stereocenters. The van der Waals surface area contributed by atoms with E-state index in [0.717, 1.165) is 0 Å². The van der Waals surface area contributed by atoms with Gasteiger partial charge in [0.05, 0.1) is 11.1 Å². The lowest BCUT2D eigenvalue weighted by molar-refractivity contribution is -0.144. The highest BCUT2D eigenvalue weighted by atomic mass is 127. The molecular formula is C9H6F6IN. The molecule has 0 fully saturated rings. The summed E-state index contributed by atoms with van der Waals surface area (Å²) in [6.45, 7) is -0.819. The van der Waals surface area contributed by atoms with Crippen LogP contribution in [-0.2, 0) is 18.9 Å². The van der Waals surface area contributed by atoms with E-state index < -0.39 is 35.6 Å². The third kappa shape index (κ3) is 3.24. The van der Waals surface area contributed by atoms with Crippen molar-refractivity contribution in [3.05, 3.63) is 32.4 Å². The van der Waals surface area contributed by atoms with Crippen molar-refractivity contribution in [3.8, 4) is 0 Å². The molecule has 0 aliphatic carbocycles. The third-order valence-electron chi connectivity index (χ3n) is 2.03. The molecule has 0 radical (unpaired) electrons. The Balaban J connectivity index is 3.58. The fraction of sp³-hybridized carbons (Fsp3) is 0.333. The summed E-state index contributed by atoms with van der Waals surface area (Å²) in [5.41, 5.74) is 1.40. The zero-order valence-corrected chi connectivity index (χ0v) is 10.2. The molecule has 0 aromatic heterocycles. The van der Waals surface area contributed by atoms with Crippen LogP contribution in [0.1, 0.15) is 16.7 Å². The second kappa shape index (κ2) is 4.63. The Labute approximate surface area is 106 Å². The van der Waals surface area contributed by atoms with Gasteiger partial charge >= 0.3 is 12.4 Å². The average Bonchev–Trinajstić information content (AvgIpc) is 2.13. The van der Waals surface area contributed by atoms with E-state index in [-0.39, 0.29) is 3.57 Å². The number of alkyl halides is 6. The Hall–Kier alpha value is -0.510. The zero-order valence-electron chi connectivity index (χ0n) is 8.08. The number of halogens is 7. The quantitative estimate of drug-likeness (QED) is 0.592. The molecular weight excluding hydrogens is 363 g/mol. The van der Waals surface area contributed by atoms with E-state index in [2.05, 4.69) is 0 Å². The first-order valence-electron chi connectivity index (χ1n) is 4.24. The Bertz CT molecular complexity index is 387. The maximum absolute atomic E-state index is 12.6. The van der Waals surface area contributed by atoms with E-state index in [4.69, 9.17) is 5.73 Å². The van der Waals surface area contributed by atoms with Crippen molar-refractivity contribution in [1.29, 1.82) is 0 Å². The minimum atomic E-state index is -4.85. The molecule has 0 bridgehead atoms. The second-order valence-electron chi connectivity index (χ2n) is 3.18. The Morgan fingerprint density at radius 3 is 1.53 bits per heavy atom. The van der Waals surface area contributed by atoms with Crippen LogP contribution in [0.15, 0.2) is 12.1 Å². The predicted molar refractivity (Wildman–Crippen MR) is 57.1 cm³/mol. The number of hydrogen-bond donors (Lipinski definition) is 1. The van der Waals surface area contributed by atoms with Crippen molar-refractivity contribution in [2.45, 2.75) is 18.9 Å². The fourth-order valence-corrected chi connectivity index (χ4v) is 1.99. The van der Waals surface area contributed by atoms with E-state index in [1.165, 1.54) is 22.6 Å². The van der Waals surface area contributed by atoms with Gasteiger partial charge < -0.3 is 5.73 Å².